The van der Waals surface area contributed by atoms with Crippen LogP contribution in [0.4, 0.5) is 4.39 Å². The van der Waals surface area contributed by atoms with Crippen molar-refractivity contribution in [1.29, 1.82) is 0 Å². The molecular formula is C15H17FN2OS. The first-order valence-electron chi connectivity index (χ1n) is 6.77. The van der Waals surface area contributed by atoms with Crippen LogP contribution in [-0.2, 0) is 13.2 Å². The van der Waals surface area contributed by atoms with Crippen molar-refractivity contribution < 1.29 is 9.13 Å². The molecule has 0 unspecified atom stereocenters. The summed E-state index contributed by atoms with van der Waals surface area (Å²) in [5.74, 6) is 0.0263. The smallest absolute Gasteiger partial charge is 0.165 e. The molecule has 3 rings (SSSR count). The van der Waals surface area contributed by atoms with Crippen molar-refractivity contribution in [2.24, 2.45) is 0 Å². The van der Waals surface area contributed by atoms with Crippen molar-refractivity contribution in [1.82, 2.24) is 10.3 Å². The van der Waals surface area contributed by atoms with Gasteiger partial charge in [0.2, 0.25) is 0 Å². The molecular weight excluding hydrogens is 275 g/mol. The summed E-state index contributed by atoms with van der Waals surface area (Å²) in [7, 11) is 0. The molecule has 5 heteroatoms. The number of nitrogens with zero attached hydrogens (tertiary/aromatic N) is 1. The lowest BCUT2D eigenvalue weighted by Crippen LogP contribution is -2.16. The normalized spacial score (nSPS) is 14.5. The van der Waals surface area contributed by atoms with E-state index in [1.807, 2.05) is 18.4 Å². The Hall–Kier alpha value is -1.46. The van der Waals surface area contributed by atoms with Crippen molar-refractivity contribution in [2.45, 2.75) is 39.0 Å². The van der Waals surface area contributed by atoms with Crippen LogP contribution in [0.5, 0.6) is 5.75 Å². The van der Waals surface area contributed by atoms with Gasteiger partial charge in [0.05, 0.1) is 10.7 Å². The van der Waals surface area contributed by atoms with Crippen LogP contribution in [-0.4, -0.2) is 11.0 Å². The molecule has 1 aliphatic rings. The summed E-state index contributed by atoms with van der Waals surface area (Å²) in [5.41, 5.74) is 1.71. The number of benzene rings is 1. The molecule has 0 spiro atoms. The number of hydrogen-bond acceptors (Lipinski definition) is 4. The van der Waals surface area contributed by atoms with Crippen LogP contribution >= 0.6 is 11.3 Å². The predicted molar refractivity (Wildman–Crippen MR) is 77.4 cm³/mol. The van der Waals surface area contributed by atoms with Gasteiger partial charge in [-0.05, 0) is 25.8 Å². The maximum atomic E-state index is 13.9. The number of halogens is 1. The number of ether oxygens (including phenoxy) is 1. The van der Waals surface area contributed by atoms with Crippen molar-refractivity contribution in [3.63, 3.8) is 0 Å². The molecule has 1 fully saturated rings. The molecule has 0 saturated heterocycles. The molecule has 0 aliphatic heterocycles. The molecule has 1 N–H and O–H groups in total. The van der Waals surface area contributed by atoms with Crippen molar-refractivity contribution in [3.8, 4) is 5.75 Å². The summed E-state index contributed by atoms with van der Waals surface area (Å²) in [5, 5.41) is 6.32. The van der Waals surface area contributed by atoms with Crippen LogP contribution in [0.25, 0.3) is 0 Å². The second kappa shape index (κ2) is 5.89. The van der Waals surface area contributed by atoms with Gasteiger partial charge in [-0.2, -0.15) is 0 Å². The zero-order chi connectivity index (χ0) is 13.9. The van der Waals surface area contributed by atoms with Crippen molar-refractivity contribution in [2.75, 3.05) is 0 Å². The van der Waals surface area contributed by atoms with Crippen LogP contribution in [0.3, 0.4) is 0 Å². The molecule has 0 atom stereocenters. The summed E-state index contributed by atoms with van der Waals surface area (Å²) in [6.07, 6.45) is 2.42. The van der Waals surface area contributed by atoms with Gasteiger partial charge in [-0.1, -0.05) is 12.1 Å². The zero-order valence-corrected chi connectivity index (χ0v) is 12.2. The lowest BCUT2D eigenvalue weighted by atomic mass is 10.2. The minimum absolute atomic E-state index is 0.307. The average Bonchev–Trinajstić information content (AvgIpc) is 3.17. The maximum Gasteiger partial charge on any atom is 0.165 e. The van der Waals surface area contributed by atoms with Gasteiger partial charge in [-0.15, -0.1) is 11.3 Å². The van der Waals surface area contributed by atoms with Crippen LogP contribution in [0, 0.1) is 12.7 Å². The molecule has 106 valence electrons. The second-order valence-electron chi connectivity index (χ2n) is 5.03. The molecule has 0 bridgehead atoms. The molecule has 0 radical (unpaired) electrons. The van der Waals surface area contributed by atoms with E-state index in [0.717, 1.165) is 16.3 Å². The van der Waals surface area contributed by atoms with Crippen LogP contribution in [0.1, 0.15) is 29.1 Å². The Kier molecular flexibility index (Phi) is 3.98. The summed E-state index contributed by atoms with van der Waals surface area (Å²) in [4.78, 5) is 4.32. The van der Waals surface area contributed by atoms with Crippen LogP contribution in [0.15, 0.2) is 23.6 Å². The number of para-hydroxylation sites is 1. The van der Waals surface area contributed by atoms with Gasteiger partial charge in [0.25, 0.3) is 0 Å². The third kappa shape index (κ3) is 3.35. The van der Waals surface area contributed by atoms with Gasteiger partial charge < -0.3 is 10.1 Å². The topological polar surface area (TPSA) is 34.1 Å². The monoisotopic (exact) mass is 292 g/mol. The van der Waals surface area contributed by atoms with Crippen LogP contribution in [0.2, 0.25) is 0 Å². The minimum Gasteiger partial charge on any atom is -0.484 e. The number of thiazole rings is 1. The summed E-state index contributed by atoms with van der Waals surface area (Å²) in [6.45, 7) is 2.90. The fourth-order valence-corrected chi connectivity index (χ4v) is 2.61. The maximum absolute atomic E-state index is 13.9. The molecule has 1 heterocycles. The zero-order valence-electron chi connectivity index (χ0n) is 11.4. The first-order chi connectivity index (χ1) is 9.72. The highest BCUT2D eigenvalue weighted by atomic mass is 32.1. The summed E-state index contributed by atoms with van der Waals surface area (Å²) in [6, 6.07) is 5.65. The van der Waals surface area contributed by atoms with Gasteiger partial charge in [-0.25, -0.2) is 9.37 Å². The highest BCUT2D eigenvalue weighted by molar-refractivity contribution is 7.09. The highest BCUT2D eigenvalue weighted by Gasteiger charge is 2.21. The number of rotatable bonds is 6. The number of aryl methyl sites for hydroxylation is 1. The van der Waals surface area contributed by atoms with E-state index < -0.39 is 0 Å². The van der Waals surface area contributed by atoms with E-state index in [-0.39, 0.29) is 5.82 Å². The molecule has 2 aromatic rings. The molecule has 0 amide bonds. The Morgan fingerprint density at radius 3 is 3.00 bits per heavy atom. The average molecular weight is 292 g/mol. The molecule has 1 saturated carbocycles. The Morgan fingerprint density at radius 2 is 2.30 bits per heavy atom. The van der Waals surface area contributed by atoms with Crippen molar-refractivity contribution >= 4 is 11.3 Å². The molecule has 1 aliphatic carbocycles. The van der Waals surface area contributed by atoms with E-state index in [1.165, 1.54) is 18.9 Å². The fourth-order valence-electron chi connectivity index (χ4n) is 2.02. The first-order valence-corrected chi connectivity index (χ1v) is 7.65. The van der Waals surface area contributed by atoms with Gasteiger partial charge in [-0.3, -0.25) is 0 Å². The SMILES string of the molecule is Cc1nc(COc2c(F)cccc2CNC2CC2)cs1. The van der Waals surface area contributed by atoms with Gasteiger partial charge in [0.1, 0.15) is 6.61 Å². The van der Waals surface area contributed by atoms with E-state index in [1.54, 1.807) is 17.4 Å². The lowest BCUT2D eigenvalue weighted by molar-refractivity contribution is 0.282. The van der Waals surface area contributed by atoms with Crippen molar-refractivity contribution in [3.05, 3.63) is 45.7 Å². The number of hydrogen-bond donors (Lipinski definition) is 1. The van der Waals surface area contributed by atoms with Gasteiger partial charge >= 0.3 is 0 Å². The number of nitrogens with one attached hydrogen (secondary N) is 1. The van der Waals surface area contributed by atoms with Crippen LogP contribution < -0.4 is 10.1 Å². The second-order valence-corrected chi connectivity index (χ2v) is 6.09. The Labute approximate surface area is 121 Å². The quantitative estimate of drug-likeness (QED) is 0.886. The third-order valence-corrected chi connectivity index (χ3v) is 4.06. The van der Waals surface area contributed by atoms with E-state index >= 15 is 0 Å². The largest absolute Gasteiger partial charge is 0.484 e. The predicted octanol–water partition coefficient (Wildman–Crippen LogP) is 3.42. The van der Waals surface area contributed by atoms with E-state index in [2.05, 4.69) is 10.3 Å². The minimum atomic E-state index is -0.313. The third-order valence-electron chi connectivity index (χ3n) is 3.24. The Balaban J connectivity index is 1.69. The lowest BCUT2D eigenvalue weighted by Gasteiger charge is -2.12. The standard InChI is InChI=1S/C15H17FN2OS/c1-10-18-13(9-20-10)8-19-15-11(3-2-4-14(15)16)7-17-12-5-6-12/h2-4,9,12,17H,5-8H2,1H3. The Morgan fingerprint density at radius 1 is 1.45 bits per heavy atom. The van der Waals surface area contributed by atoms with E-state index in [4.69, 9.17) is 4.74 Å². The molecule has 20 heavy (non-hydrogen) atoms. The van der Waals surface area contributed by atoms with E-state index in [9.17, 15) is 4.39 Å². The molecule has 3 nitrogen and oxygen atoms in total. The molecule has 1 aromatic heterocycles. The fraction of sp³-hybridized carbons (Fsp3) is 0.400. The summed E-state index contributed by atoms with van der Waals surface area (Å²) >= 11 is 1.57. The number of aromatic nitrogens is 1. The van der Waals surface area contributed by atoms with Gasteiger partial charge in [0.15, 0.2) is 11.6 Å². The Bertz CT molecular complexity index is 595. The van der Waals surface area contributed by atoms with E-state index in [0.29, 0.717) is 24.9 Å². The molecule has 1 aromatic carbocycles. The highest BCUT2D eigenvalue weighted by Crippen LogP contribution is 2.26. The summed E-state index contributed by atoms with van der Waals surface area (Å²) < 4.78 is 19.6. The van der Waals surface area contributed by atoms with Gasteiger partial charge in [0, 0.05) is 23.5 Å². The first kappa shape index (κ1) is 13.5.